The van der Waals surface area contributed by atoms with Crippen LogP contribution in [0.15, 0.2) is 95.0 Å². The summed E-state index contributed by atoms with van der Waals surface area (Å²) in [5.74, 6) is -1.09. The van der Waals surface area contributed by atoms with Gasteiger partial charge in [0.15, 0.2) is 5.17 Å². The van der Waals surface area contributed by atoms with Crippen molar-refractivity contribution in [2.45, 2.75) is 6.42 Å². The Balaban J connectivity index is 1.44. The normalized spacial score (nSPS) is 16.1. The summed E-state index contributed by atoms with van der Waals surface area (Å²) < 4.78 is 0. The second-order valence-electron chi connectivity index (χ2n) is 7.83. The summed E-state index contributed by atoms with van der Waals surface area (Å²) in [5.41, 5.74) is 3.97. The first kappa shape index (κ1) is 21.7. The summed E-state index contributed by atoms with van der Waals surface area (Å²) in [7, 11) is 0. The quantitative estimate of drug-likeness (QED) is 0.356. The van der Waals surface area contributed by atoms with E-state index in [1.54, 1.807) is 23.1 Å². The third kappa shape index (κ3) is 4.51. The molecule has 7 heteroatoms. The number of aromatic carboxylic acids is 1. The topological polar surface area (TPSA) is 85.8 Å². The van der Waals surface area contributed by atoms with Gasteiger partial charge in [-0.15, -0.1) is 0 Å². The van der Waals surface area contributed by atoms with Crippen LogP contribution in [0, 0.1) is 0 Å². The SMILES string of the molecule is O=C(O)c1ccc(/C=C2\SC(=Nc3ccccc3)N(CCc3c[nH]c4ccccc34)C2=O)cc1. The number of aromatic amines is 1. The van der Waals surface area contributed by atoms with E-state index < -0.39 is 5.97 Å². The molecule has 1 aliphatic heterocycles. The molecule has 4 aromatic rings. The number of nitrogens with zero attached hydrogens (tertiary/aromatic N) is 2. The second kappa shape index (κ2) is 9.41. The lowest BCUT2D eigenvalue weighted by atomic mass is 10.1. The van der Waals surface area contributed by atoms with E-state index in [0.717, 1.165) is 27.7 Å². The fourth-order valence-electron chi connectivity index (χ4n) is 3.85. The summed E-state index contributed by atoms with van der Waals surface area (Å²) in [6.45, 7) is 0.495. The number of hydrogen-bond acceptors (Lipinski definition) is 4. The highest BCUT2D eigenvalue weighted by Gasteiger charge is 2.33. The van der Waals surface area contributed by atoms with Gasteiger partial charge in [-0.1, -0.05) is 48.5 Å². The molecule has 0 atom stereocenters. The molecule has 1 fully saturated rings. The van der Waals surface area contributed by atoms with Gasteiger partial charge in [0.1, 0.15) is 0 Å². The van der Waals surface area contributed by atoms with Crippen LogP contribution in [0.1, 0.15) is 21.5 Å². The maximum absolute atomic E-state index is 13.4. The number of thioether (sulfide) groups is 1. The Bertz CT molecular complexity index is 1420. The largest absolute Gasteiger partial charge is 0.478 e. The van der Waals surface area contributed by atoms with Crippen molar-refractivity contribution in [3.05, 3.63) is 107 Å². The third-order valence-electron chi connectivity index (χ3n) is 5.60. The molecule has 34 heavy (non-hydrogen) atoms. The minimum Gasteiger partial charge on any atom is -0.478 e. The highest BCUT2D eigenvalue weighted by atomic mass is 32.2. The number of fused-ring (bicyclic) bond motifs is 1. The van der Waals surface area contributed by atoms with Crippen molar-refractivity contribution in [2.24, 2.45) is 4.99 Å². The molecular weight excluding hydrogens is 446 g/mol. The maximum atomic E-state index is 13.4. The minimum absolute atomic E-state index is 0.109. The molecule has 0 aliphatic carbocycles. The van der Waals surface area contributed by atoms with Gasteiger partial charge in [-0.3, -0.25) is 9.69 Å². The van der Waals surface area contributed by atoms with Gasteiger partial charge >= 0.3 is 5.97 Å². The van der Waals surface area contributed by atoms with Crippen LogP contribution in [0.2, 0.25) is 0 Å². The molecule has 168 valence electrons. The standard InChI is InChI=1S/C27H21N3O3S/c31-25-24(16-18-10-12-19(13-11-18)26(32)33)34-27(29-21-6-2-1-3-7-21)30(25)15-14-20-17-28-23-9-5-4-8-22(20)23/h1-13,16-17,28H,14-15H2,(H,32,33)/b24-16-,29-27?. The van der Waals surface area contributed by atoms with Crippen molar-refractivity contribution in [3.63, 3.8) is 0 Å². The number of rotatable bonds is 6. The van der Waals surface area contributed by atoms with Crippen LogP contribution >= 0.6 is 11.8 Å². The van der Waals surface area contributed by atoms with Crippen LogP contribution in [-0.4, -0.2) is 38.6 Å². The van der Waals surface area contributed by atoms with Crippen LogP contribution in [-0.2, 0) is 11.2 Å². The molecular formula is C27H21N3O3S. The van der Waals surface area contributed by atoms with Gasteiger partial charge in [0, 0.05) is 23.6 Å². The van der Waals surface area contributed by atoms with Crippen molar-refractivity contribution >= 4 is 51.5 Å². The first-order valence-electron chi connectivity index (χ1n) is 10.8. The van der Waals surface area contributed by atoms with E-state index in [4.69, 9.17) is 10.1 Å². The molecule has 3 aromatic carbocycles. The number of aliphatic imine (C=N–C) groups is 1. The lowest BCUT2D eigenvalue weighted by molar-refractivity contribution is -0.122. The smallest absolute Gasteiger partial charge is 0.335 e. The van der Waals surface area contributed by atoms with Gasteiger partial charge < -0.3 is 10.1 Å². The zero-order valence-corrected chi connectivity index (χ0v) is 19.0. The lowest BCUT2D eigenvalue weighted by Crippen LogP contribution is -2.31. The van der Waals surface area contributed by atoms with Crippen molar-refractivity contribution in [1.29, 1.82) is 0 Å². The molecule has 0 radical (unpaired) electrons. The Hall–Kier alpha value is -4.10. The van der Waals surface area contributed by atoms with Crippen LogP contribution in [0.3, 0.4) is 0 Å². The van der Waals surface area contributed by atoms with Gasteiger partial charge in [-0.25, -0.2) is 9.79 Å². The van der Waals surface area contributed by atoms with Gasteiger partial charge in [0.2, 0.25) is 0 Å². The number of H-pyrrole nitrogens is 1. The number of para-hydroxylation sites is 2. The van der Waals surface area contributed by atoms with E-state index in [-0.39, 0.29) is 11.5 Å². The van der Waals surface area contributed by atoms with Crippen LogP contribution in [0.25, 0.3) is 17.0 Å². The monoisotopic (exact) mass is 467 g/mol. The van der Waals surface area contributed by atoms with Crippen molar-refractivity contribution in [3.8, 4) is 0 Å². The average Bonchev–Trinajstić information content (AvgIpc) is 3.39. The highest BCUT2D eigenvalue weighted by molar-refractivity contribution is 8.18. The summed E-state index contributed by atoms with van der Waals surface area (Å²) in [5, 5.41) is 10.9. The van der Waals surface area contributed by atoms with Gasteiger partial charge in [0.25, 0.3) is 5.91 Å². The zero-order chi connectivity index (χ0) is 23.5. The predicted octanol–water partition coefficient (Wildman–Crippen LogP) is 5.71. The molecule has 0 unspecified atom stereocenters. The molecule has 1 amide bonds. The fourth-order valence-corrected chi connectivity index (χ4v) is 4.87. The van der Waals surface area contributed by atoms with Crippen molar-refractivity contribution in [1.82, 2.24) is 9.88 Å². The highest BCUT2D eigenvalue weighted by Crippen LogP contribution is 2.34. The van der Waals surface area contributed by atoms with Crippen molar-refractivity contribution < 1.29 is 14.7 Å². The van der Waals surface area contributed by atoms with Crippen LogP contribution < -0.4 is 0 Å². The Morgan fingerprint density at radius 2 is 1.74 bits per heavy atom. The molecule has 2 N–H and O–H groups in total. The van der Waals surface area contributed by atoms with Gasteiger partial charge in [-0.05, 0) is 65.7 Å². The van der Waals surface area contributed by atoms with E-state index in [9.17, 15) is 9.59 Å². The predicted molar refractivity (Wildman–Crippen MR) is 136 cm³/mol. The first-order valence-corrected chi connectivity index (χ1v) is 11.6. The molecule has 6 nitrogen and oxygen atoms in total. The molecule has 1 aromatic heterocycles. The summed E-state index contributed by atoms with van der Waals surface area (Å²) in [6.07, 6.45) is 4.46. The molecule has 0 bridgehead atoms. The number of nitrogens with one attached hydrogen (secondary N) is 1. The molecule has 1 aliphatic rings. The molecule has 1 saturated heterocycles. The van der Waals surface area contributed by atoms with Gasteiger partial charge in [0.05, 0.1) is 16.2 Å². The second-order valence-corrected chi connectivity index (χ2v) is 8.84. The summed E-state index contributed by atoms with van der Waals surface area (Å²) in [4.78, 5) is 34.8. The fraction of sp³-hybridized carbons (Fsp3) is 0.0741. The van der Waals surface area contributed by atoms with Crippen molar-refractivity contribution in [2.75, 3.05) is 6.54 Å². The number of benzene rings is 3. The third-order valence-corrected chi connectivity index (χ3v) is 6.61. The first-order chi connectivity index (χ1) is 16.6. The van der Waals surface area contributed by atoms with Crippen LogP contribution in [0.5, 0.6) is 0 Å². The van der Waals surface area contributed by atoms with E-state index >= 15 is 0 Å². The number of carbonyl (C=O) groups excluding carboxylic acids is 1. The number of carboxylic acid groups (broad SMARTS) is 1. The Morgan fingerprint density at radius 3 is 2.50 bits per heavy atom. The zero-order valence-electron chi connectivity index (χ0n) is 18.1. The molecule has 0 spiro atoms. The number of carboxylic acids is 1. The number of carbonyl (C=O) groups is 2. The van der Waals surface area contributed by atoms with E-state index in [2.05, 4.69) is 11.1 Å². The Labute approximate surface area is 200 Å². The minimum atomic E-state index is -0.980. The number of hydrogen-bond donors (Lipinski definition) is 2. The molecule has 5 rings (SSSR count). The Morgan fingerprint density at radius 1 is 1.00 bits per heavy atom. The lowest BCUT2D eigenvalue weighted by Gasteiger charge is -2.15. The number of aromatic nitrogens is 1. The summed E-state index contributed by atoms with van der Waals surface area (Å²) >= 11 is 1.33. The van der Waals surface area contributed by atoms with Gasteiger partial charge in [-0.2, -0.15) is 0 Å². The number of amidine groups is 1. The maximum Gasteiger partial charge on any atom is 0.335 e. The van der Waals surface area contributed by atoms with E-state index in [1.807, 2.05) is 54.7 Å². The molecule has 2 heterocycles. The van der Waals surface area contributed by atoms with Crippen LogP contribution in [0.4, 0.5) is 5.69 Å². The average molecular weight is 468 g/mol. The van der Waals surface area contributed by atoms with E-state index in [1.165, 1.54) is 23.9 Å². The number of amides is 1. The molecule has 0 saturated carbocycles. The van der Waals surface area contributed by atoms with E-state index in [0.29, 0.717) is 23.0 Å². The summed E-state index contributed by atoms with van der Waals surface area (Å²) in [6, 6.07) is 24.2. The Kier molecular flexibility index (Phi) is 6.01.